The smallest absolute Gasteiger partial charge is 0.406 e. The Hall–Kier alpha value is -4.72. The summed E-state index contributed by atoms with van der Waals surface area (Å²) in [5.74, 6) is 0.486. The number of anilines is 1. The van der Waals surface area contributed by atoms with Gasteiger partial charge in [-0.3, -0.25) is 0 Å². The molecule has 0 bridgehead atoms. The Morgan fingerprint density at radius 1 is 1.11 bits per heavy atom. The number of hydrogen-bond acceptors (Lipinski definition) is 6. The van der Waals surface area contributed by atoms with Gasteiger partial charge in [-0.1, -0.05) is 49.9 Å². The maximum Gasteiger partial charge on any atom is 0.573 e. The summed E-state index contributed by atoms with van der Waals surface area (Å²) in [7, 11) is 1.66. The molecule has 1 saturated heterocycles. The van der Waals surface area contributed by atoms with Gasteiger partial charge >= 0.3 is 12.4 Å². The van der Waals surface area contributed by atoms with Gasteiger partial charge in [0.05, 0.1) is 5.69 Å². The van der Waals surface area contributed by atoms with Crippen molar-refractivity contribution in [3.63, 3.8) is 0 Å². The second kappa shape index (κ2) is 14.8. The van der Waals surface area contributed by atoms with Crippen molar-refractivity contribution in [2.45, 2.75) is 38.5 Å². The first-order chi connectivity index (χ1) is 22.5. The van der Waals surface area contributed by atoms with Crippen molar-refractivity contribution in [1.82, 2.24) is 20.1 Å². The molecule has 1 aromatic heterocycles. The lowest BCUT2D eigenvalue weighted by atomic mass is 9.99. The van der Waals surface area contributed by atoms with E-state index in [0.29, 0.717) is 23.2 Å². The summed E-state index contributed by atoms with van der Waals surface area (Å²) in [5.41, 5.74) is 3.85. The van der Waals surface area contributed by atoms with Gasteiger partial charge in [0.1, 0.15) is 17.9 Å². The van der Waals surface area contributed by atoms with Crippen LogP contribution in [0.5, 0.6) is 5.75 Å². The Morgan fingerprint density at radius 3 is 2.53 bits per heavy atom. The average Bonchev–Trinajstić information content (AvgIpc) is 3.54. The van der Waals surface area contributed by atoms with Crippen molar-refractivity contribution >= 4 is 34.9 Å². The van der Waals surface area contributed by atoms with Gasteiger partial charge in [-0.15, -0.1) is 18.3 Å². The Morgan fingerprint density at radius 2 is 1.85 bits per heavy atom. The van der Waals surface area contributed by atoms with Crippen LogP contribution in [-0.4, -0.2) is 64.4 Å². The number of alkyl halides is 3. The first-order valence-electron chi connectivity index (χ1n) is 14.9. The van der Waals surface area contributed by atoms with Crippen molar-refractivity contribution < 1.29 is 27.1 Å². The number of hydrogen-bond donors (Lipinski definition) is 1. The summed E-state index contributed by atoms with van der Waals surface area (Å²) >= 11 is 1.50. The number of carbonyl (C=O) groups excluding carboxylic acids is 1. The minimum atomic E-state index is -4.77. The van der Waals surface area contributed by atoms with Crippen molar-refractivity contribution in [2.24, 2.45) is 9.98 Å². The normalized spacial score (nSPS) is 15.4. The number of ether oxygens (including phenoxy) is 1. The number of halogens is 4. The second-order valence-corrected chi connectivity index (χ2v) is 12.0. The van der Waals surface area contributed by atoms with E-state index in [1.54, 1.807) is 19.3 Å². The van der Waals surface area contributed by atoms with Gasteiger partial charge in [0, 0.05) is 49.3 Å². The Bertz CT molecular complexity index is 1740. The molecule has 14 heteroatoms. The summed E-state index contributed by atoms with van der Waals surface area (Å²) in [6.45, 7) is 4.95. The molecule has 1 aliphatic rings. The van der Waals surface area contributed by atoms with Crippen LogP contribution in [0, 0.1) is 5.82 Å². The first kappa shape index (κ1) is 33.6. The summed E-state index contributed by atoms with van der Waals surface area (Å²) in [6, 6.07) is 17.0. The summed E-state index contributed by atoms with van der Waals surface area (Å²) in [4.78, 5) is 27.9. The number of benzene rings is 3. The highest BCUT2D eigenvalue weighted by Crippen LogP contribution is 2.33. The maximum absolute atomic E-state index is 14.0. The third-order valence-electron chi connectivity index (χ3n) is 7.31. The van der Waals surface area contributed by atoms with E-state index >= 15 is 0 Å². The largest absolute Gasteiger partial charge is 0.573 e. The Labute approximate surface area is 273 Å². The SMILES string of the molecule is CN=CC(CNC(=O)N=C1SCCCN1c1ccc(F)cc1C(C)C)c1ccc(-c2ncn(-c3ccc(OC(F)(F)F)cc3)n2)cc1. The number of urea groups is 1. The molecular formula is C33H33F4N7O2S. The number of nitrogens with one attached hydrogen (secondary N) is 1. The number of carbonyl (C=O) groups is 1. The molecule has 0 spiro atoms. The molecule has 0 saturated carbocycles. The number of thioether (sulfide) groups is 1. The van der Waals surface area contributed by atoms with Gasteiger partial charge in [-0.05, 0) is 65.9 Å². The van der Waals surface area contributed by atoms with Gasteiger partial charge in [0.25, 0.3) is 0 Å². The highest BCUT2D eigenvalue weighted by molar-refractivity contribution is 8.14. The monoisotopic (exact) mass is 667 g/mol. The molecule has 0 radical (unpaired) electrons. The van der Waals surface area contributed by atoms with Crippen LogP contribution in [0.15, 0.2) is 83.0 Å². The zero-order valence-electron chi connectivity index (χ0n) is 25.9. The molecule has 4 aromatic rings. The van der Waals surface area contributed by atoms with E-state index in [4.69, 9.17) is 0 Å². The third-order valence-corrected chi connectivity index (χ3v) is 8.38. The van der Waals surface area contributed by atoms with E-state index in [1.165, 1.54) is 59.2 Å². The van der Waals surface area contributed by atoms with E-state index in [0.717, 1.165) is 34.6 Å². The molecule has 3 aromatic carbocycles. The van der Waals surface area contributed by atoms with E-state index in [9.17, 15) is 22.4 Å². The van der Waals surface area contributed by atoms with Crippen molar-refractivity contribution in [2.75, 3.05) is 30.8 Å². The molecule has 1 atom stereocenters. The molecule has 1 N–H and O–H groups in total. The van der Waals surface area contributed by atoms with Gasteiger partial charge in [-0.2, -0.15) is 4.99 Å². The molecular weight excluding hydrogens is 634 g/mol. The lowest BCUT2D eigenvalue weighted by Crippen LogP contribution is -2.37. The molecule has 0 aliphatic carbocycles. The summed E-state index contributed by atoms with van der Waals surface area (Å²) < 4.78 is 56.8. The number of aliphatic imine (C=N–C) groups is 2. The van der Waals surface area contributed by atoms with Crippen LogP contribution in [0.2, 0.25) is 0 Å². The fourth-order valence-corrected chi connectivity index (χ4v) is 6.02. The van der Waals surface area contributed by atoms with E-state index in [-0.39, 0.29) is 29.9 Å². The van der Waals surface area contributed by atoms with Crippen LogP contribution in [-0.2, 0) is 0 Å². The predicted octanol–water partition coefficient (Wildman–Crippen LogP) is 7.59. The second-order valence-electron chi connectivity index (χ2n) is 11.0. The standard InChI is InChI=1S/C33H33F4N7O2S/c1-21(2)28-17-25(34)9-14-29(28)43-15-4-16-47-32(43)41-31(45)39-19-24(18-38-3)22-5-7-23(8-6-22)30-40-20-44(42-30)26-10-12-27(13-11-26)46-33(35,36)37/h5-14,17-18,20-21,24H,4,15-16,19H2,1-3H3,(H,39,45). The number of rotatable bonds is 9. The number of amides is 2. The van der Waals surface area contributed by atoms with Crippen LogP contribution in [0.25, 0.3) is 17.1 Å². The van der Waals surface area contributed by atoms with Crippen molar-refractivity contribution in [3.05, 3.63) is 90.0 Å². The van der Waals surface area contributed by atoms with Crippen LogP contribution in [0.4, 0.5) is 28.0 Å². The fraction of sp³-hybridized carbons (Fsp3) is 0.303. The number of amidine groups is 1. The Balaban J connectivity index is 1.25. The Kier molecular flexibility index (Phi) is 10.6. The van der Waals surface area contributed by atoms with Crippen molar-refractivity contribution in [3.8, 4) is 22.8 Å². The van der Waals surface area contributed by atoms with Crippen LogP contribution in [0.1, 0.15) is 43.2 Å². The fourth-order valence-electron chi connectivity index (χ4n) is 5.07. The van der Waals surface area contributed by atoms with E-state index in [1.807, 2.05) is 43.0 Å². The van der Waals surface area contributed by atoms with Gasteiger partial charge in [0.15, 0.2) is 11.0 Å². The molecule has 1 aliphatic heterocycles. The van der Waals surface area contributed by atoms with Crippen LogP contribution in [0.3, 0.4) is 0 Å². The third kappa shape index (κ3) is 8.76. The predicted molar refractivity (Wildman–Crippen MR) is 176 cm³/mol. The van der Waals surface area contributed by atoms with Crippen LogP contribution < -0.4 is 15.0 Å². The van der Waals surface area contributed by atoms with Gasteiger partial charge in [-0.25, -0.2) is 18.9 Å². The van der Waals surface area contributed by atoms with Crippen LogP contribution >= 0.6 is 11.8 Å². The summed E-state index contributed by atoms with van der Waals surface area (Å²) in [5, 5.41) is 7.92. The highest BCUT2D eigenvalue weighted by atomic mass is 32.2. The number of nitrogens with zero attached hydrogens (tertiary/aromatic N) is 6. The van der Waals surface area contributed by atoms with Gasteiger partial charge < -0.3 is 19.9 Å². The topological polar surface area (TPSA) is 97.0 Å². The minimum Gasteiger partial charge on any atom is -0.406 e. The van der Waals surface area contributed by atoms with Crippen molar-refractivity contribution in [1.29, 1.82) is 0 Å². The zero-order valence-corrected chi connectivity index (χ0v) is 26.7. The first-order valence-corrected chi connectivity index (χ1v) is 15.9. The molecule has 2 amide bonds. The summed E-state index contributed by atoms with van der Waals surface area (Å²) in [6.07, 6.45) is -0.639. The van der Waals surface area contributed by atoms with E-state index < -0.39 is 12.4 Å². The molecule has 2 heterocycles. The highest BCUT2D eigenvalue weighted by Gasteiger charge is 2.31. The number of aromatic nitrogens is 3. The maximum atomic E-state index is 14.0. The molecule has 9 nitrogen and oxygen atoms in total. The molecule has 1 unspecified atom stereocenters. The lowest BCUT2D eigenvalue weighted by molar-refractivity contribution is -0.274. The zero-order chi connectivity index (χ0) is 33.6. The van der Waals surface area contributed by atoms with E-state index in [2.05, 4.69) is 30.1 Å². The molecule has 47 heavy (non-hydrogen) atoms. The van der Waals surface area contributed by atoms with Gasteiger partial charge in [0.2, 0.25) is 0 Å². The molecule has 5 rings (SSSR count). The molecule has 1 fully saturated rings. The lowest BCUT2D eigenvalue weighted by Gasteiger charge is -2.32. The average molecular weight is 668 g/mol. The minimum absolute atomic E-state index is 0.0946. The molecule has 246 valence electrons. The quantitative estimate of drug-likeness (QED) is 0.146.